The van der Waals surface area contributed by atoms with Crippen LogP contribution in [0.3, 0.4) is 0 Å². The number of hydrogen-bond acceptors (Lipinski definition) is 4. The average Bonchev–Trinajstić information content (AvgIpc) is 2.26. The molecule has 0 fully saturated rings. The first-order valence-electron chi connectivity index (χ1n) is 5.59. The van der Waals surface area contributed by atoms with Gasteiger partial charge < -0.3 is 10.2 Å². The summed E-state index contributed by atoms with van der Waals surface area (Å²) in [5, 5.41) is 14.5. The minimum atomic E-state index is -0.415. The van der Waals surface area contributed by atoms with E-state index < -0.39 is 4.92 Å². The van der Waals surface area contributed by atoms with Gasteiger partial charge in [0.05, 0.1) is 4.92 Å². The maximum Gasteiger partial charge on any atom is 0.292 e. The van der Waals surface area contributed by atoms with Crippen LogP contribution in [0.15, 0.2) is 18.2 Å². The number of nitrogens with zero attached hydrogens (tertiary/aromatic N) is 2. The van der Waals surface area contributed by atoms with Crippen molar-refractivity contribution in [3.05, 3.63) is 33.3 Å². The van der Waals surface area contributed by atoms with Crippen LogP contribution in [0, 0.1) is 10.1 Å². The third kappa shape index (κ3) is 3.58. The molecule has 0 heterocycles. The van der Waals surface area contributed by atoms with Gasteiger partial charge in [-0.2, -0.15) is 0 Å². The van der Waals surface area contributed by atoms with Gasteiger partial charge in [0.2, 0.25) is 0 Å². The molecule has 1 aromatic rings. The SMILES string of the molecule is CN(C)C(C)(C)CNc1cc(Cl)ccc1[N+](=O)[O-]. The van der Waals surface area contributed by atoms with E-state index >= 15 is 0 Å². The van der Waals surface area contributed by atoms with E-state index in [2.05, 4.69) is 24.1 Å². The number of anilines is 1. The van der Waals surface area contributed by atoms with Gasteiger partial charge in [-0.3, -0.25) is 10.1 Å². The van der Waals surface area contributed by atoms with Crippen LogP contribution in [-0.4, -0.2) is 36.0 Å². The predicted octanol–water partition coefficient (Wildman–Crippen LogP) is 3.00. The highest BCUT2D eigenvalue weighted by Crippen LogP contribution is 2.28. The Bertz CT molecular complexity index is 447. The molecule has 0 aliphatic rings. The fraction of sp³-hybridized carbons (Fsp3) is 0.500. The molecule has 0 bridgehead atoms. The molecule has 0 saturated carbocycles. The third-order valence-electron chi connectivity index (χ3n) is 3.08. The molecule has 0 aromatic heterocycles. The lowest BCUT2D eigenvalue weighted by Gasteiger charge is -2.32. The molecule has 0 radical (unpaired) electrons. The van der Waals surface area contributed by atoms with E-state index in [-0.39, 0.29) is 11.2 Å². The summed E-state index contributed by atoms with van der Waals surface area (Å²) in [7, 11) is 3.93. The molecular formula is C12H18ClN3O2. The molecule has 0 spiro atoms. The molecule has 5 nitrogen and oxygen atoms in total. The Labute approximate surface area is 112 Å². The van der Waals surface area contributed by atoms with Crippen molar-refractivity contribution in [2.45, 2.75) is 19.4 Å². The summed E-state index contributed by atoms with van der Waals surface area (Å²) in [6.07, 6.45) is 0. The Balaban J connectivity index is 2.90. The summed E-state index contributed by atoms with van der Waals surface area (Å²) >= 11 is 5.86. The van der Waals surface area contributed by atoms with Crippen LogP contribution in [0.4, 0.5) is 11.4 Å². The standard InChI is InChI=1S/C12H18ClN3O2/c1-12(2,15(3)4)8-14-10-7-9(13)5-6-11(10)16(17)18/h5-7,14H,8H2,1-4H3. The molecule has 6 heteroatoms. The number of hydrogen-bond donors (Lipinski definition) is 1. The van der Waals surface area contributed by atoms with Crippen LogP contribution in [-0.2, 0) is 0 Å². The van der Waals surface area contributed by atoms with E-state index in [0.717, 1.165) is 0 Å². The molecule has 0 amide bonds. The molecule has 100 valence electrons. The fourth-order valence-corrected chi connectivity index (χ4v) is 1.45. The molecule has 18 heavy (non-hydrogen) atoms. The van der Waals surface area contributed by atoms with Gasteiger partial charge in [-0.25, -0.2) is 0 Å². The predicted molar refractivity (Wildman–Crippen MR) is 74.4 cm³/mol. The van der Waals surface area contributed by atoms with Gasteiger partial charge in [0.15, 0.2) is 0 Å². The van der Waals surface area contributed by atoms with Crippen LogP contribution in [0.5, 0.6) is 0 Å². The number of rotatable bonds is 5. The maximum atomic E-state index is 10.9. The summed E-state index contributed by atoms with van der Waals surface area (Å²) in [5.41, 5.74) is 0.368. The zero-order valence-electron chi connectivity index (χ0n) is 11.0. The Hall–Kier alpha value is -1.33. The van der Waals surface area contributed by atoms with Crippen molar-refractivity contribution in [2.24, 2.45) is 0 Å². The van der Waals surface area contributed by atoms with Crippen molar-refractivity contribution in [3.8, 4) is 0 Å². The number of nitrogens with one attached hydrogen (secondary N) is 1. The van der Waals surface area contributed by atoms with Gasteiger partial charge in [-0.15, -0.1) is 0 Å². The highest BCUT2D eigenvalue weighted by atomic mass is 35.5. The summed E-state index contributed by atoms with van der Waals surface area (Å²) in [5.74, 6) is 0. The largest absolute Gasteiger partial charge is 0.378 e. The minimum Gasteiger partial charge on any atom is -0.378 e. The van der Waals surface area contributed by atoms with E-state index in [1.165, 1.54) is 12.1 Å². The first kappa shape index (κ1) is 14.7. The number of nitro groups is 1. The molecule has 0 atom stereocenters. The smallest absolute Gasteiger partial charge is 0.292 e. The van der Waals surface area contributed by atoms with E-state index in [9.17, 15) is 10.1 Å². The van der Waals surface area contributed by atoms with E-state index in [1.807, 2.05) is 14.1 Å². The summed E-state index contributed by atoms with van der Waals surface area (Å²) in [4.78, 5) is 12.5. The average molecular weight is 272 g/mol. The monoisotopic (exact) mass is 271 g/mol. The number of likely N-dealkylation sites (N-methyl/N-ethyl adjacent to an activating group) is 1. The lowest BCUT2D eigenvalue weighted by atomic mass is 10.0. The molecule has 0 unspecified atom stereocenters. The van der Waals surface area contributed by atoms with E-state index in [1.54, 1.807) is 6.07 Å². The van der Waals surface area contributed by atoms with Gasteiger partial charge in [0.1, 0.15) is 5.69 Å². The van der Waals surface area contributed by atoms with Crippen molar-refractivity contribution in [1.29, 1.82) is 0 Å². The molecular weight excluding hydrogens is 254 g/mol. The topological polar surface area (TPSA) is 58.4 Å². The highest BCUT2D eigenvalue weighted by molar-refractivity contribution is 6.31. The quantitative estimate of drug-likeness (QED) is 0.661. The lowest BCUT2D eigenvalue weighted by molar-refractivity contribution is -0.384. The van der Waals surface area contributed by atoms with Gasteiger partial charge in [-0.1, -0.05) is 11.6 Å². The fourth-order valence-electron chi connectivity index (χ4n) is 1.28. The van der Waals surface area contributed by atoms with Crippen molar-refractivity contribution < 1.29 is 4.92 Å². The summed E-state index contributed by atoms with van der Waals surface area (Å²) < 4.78 is 0. The molecule has 1 aromatic carbocycles. The maximum absolute atomic E-state index is 10.9. The Morgan fingerprint density at radius 1 is 1.44 bits per heavy atom. The zero-order valence-corrected chi connectivity index (χ0v) is 11.8. The highest BCUT2D eigenvalue weighted by Gasteiger charge is 2.22. The second-order valence-electron chi connectivity index (χ2n) is 4.98. The Morgan fingerprint density at radius 3 is 2.56 bits per heavy atom. The van der Waals surface area contributed by atoms with Crippen LogP contribution in [0.2, 0.25) is 5.02 Å². The number of halogens is 1. The summed E-state index contributed by atoms with van der Waals surface area (Å²) in [6, 6.07) is 4.50. The lowest BCUT2D eigenvalue weighted by Crippen LogP contribution is -2.44. The van der Waals surface area contributed by atoms with Crippen LogP contribution in [0.1, 0.15) is 13.8 Å². The van der Waals surface area contributed by atoms with E-state index in [4.69, 9.17) is 11.6 Å². The number of benzene rings is 1. The molecule has 0 aliphatic heterocycles. The minimum absolute atomic E-state index is 0.0361. The zero-order chi connectivity index (χ0) is 13.9. The van der Waals surface area contributed by atoms with Gasteiger partial charge in [0, 0.05) is 23.2 Å². The van der Waals surface area contributed by atoms with Gasteiger partial charge >= 0.3 is 0 Å². The van der Waals surface area contributed by atoms with Crippen molar-refractivity contribution in [2.75, 3.05) is 26.0 Å². The Kier molecular flexibility index (Phi) is 4.53. The summed E-state index contributed by atoms with van der Waals surface area (Å²) in [6.45, 7) is 4.69. The van der Waals surface area contributed by atoms with Crippen LogP contribution >= 0.6 is 11.6 Å². The molecule has 1 N–H and O–H groups in total. The van der Waals surface area contributed by atoms with E-state index in [0.29, 0.717) is 17.3 Å². The van der Waals surface area contributed by atoms with Crippen molar-refractivity contribution in [1.82, 2.24) is 4.90 Å². The number of nitro benzene ring substituents is 1. The van der Waals surface area contributed by atoms with Crippen molar-refractivity contribution in [3.63, 3.8) is 0 Å². The van der Waals surface area contributed by atoms with Crippen molar-refractivity contribution >= 4 is 23.0 Å². The van der Waals surface area contributed by atoms with Gasteiger partial charge in [0.25, 0.3) is 5.69 Å². The van der Waals surface area contributed by atoms with Crippen LogP contribution in [0.25, 0.3) is 0 Å². The molecule has 0 saturated heterocycles. The first-order valence-corrected chi connectivity index (χ1v) is 5.97. The second-order valence-corrected chi connectivity index (χ2v) is 5.42. The second kappa shape index (κ2) is 5.54. The third-order valence-corrected chi connectivity index (χ3v) is 3.31. The molecule has 1 rings (SSSR count). The first-order chi connectivity index (χ1) is 8.24. The van der Waals surface area contributed by atoms with Gasteiger partial charge in [-0.05, 0) is 40.1 Å². The Morgan fingerprint density at radius 2 is 2.06 bits per heavy atom. The normalized spacial score (nSPS) is 11.7. The van der Waals surface area contributed by atoms with Crippen LogP contribution < -0.4 is 5.32 Å². The molecule has 0 aliphatic carbocycles.